The van der Waals surface area contributed by atoms with E-state index in [1.165, 1.54) is 55.7 Å². The van der Waals surface area contributed by atoms with Crippen LogP contribution in [0.3, 0.4) is 0 Å². The van der Waals surface area contributed by atoms with Crippen molar-refractivity contribution in [2.75, 3.05) is 12.0 Å². The predicted molar refractivity (Wildman–Crippen MR) is 137 cm³/mol. The highest BCUT2D eigenvalue weighted by atomic mass is 32.2. The van der Waals surface area contributed by atoms with Gasteiger partial charge in [-0.3, -0.25) is 14.9 Å². The highest BCUT2D eigenvalue weighted by molar-refractivity contribution is 7.87. The fourth-order valence-corrected chi connectivity index (χ4v) is 4.71. The van der Waals surface area contributed by atoms with Crippen LogP contribution in [0, 0.1) is 5.82 Å². The number of carbonyl (C=O) groups excluding carboxylic acids is 3. The molecule has 38 heavy (non-hydrogen) atoms. The van der Waals surface area contributed by atoms with Crippen molar-refractivity contribution in [3.05, 3.63) is 102 Å². The fourth-order valence-electron chi connectivity index (χ4n) is 3.71. The van der Waals surface area contributed by atoms with Gasteiger partial charge in [0.05, 0.1) is 12.8 Å². The molecule has 4 amide bonds. The van der Waals surface area contributed by atoms with E-state index in [9.17, 15) is 27.2 Å². The SMILES string of the molecule is C=CCc1cc(/C=C2\C(=O)NC(=O)N(c3ccc(F)cc3)C2=O)cc(OC)c1OS(=O)(=O)c1ccccc1. The van der Waals surface area contributed by atoms with E-state index in [-0.39, 0.29) is 39.6 Å². The molecular weight excluding hydrogens is 515 g/mol. The van der Waals surface area contributed by atoms with E-state index in [2.05, 4.69) is 11.9 Å². The van der Waals surface area contributed by atoms with Gasteiger partial charge in [-0.15, -0.1) is 6.58 Å². The molecular formula is C27H21FN2O7S. The molecule has 1 aliphatic heterocycles. The number of ether oxygens (including phenoxy) is 1. The molecule has 0 aliphatic carbocycles. The Morgan fingerprint density at radius 1 is 1.03 bits per heavy atom. The van der Waals surface area contributed by atoms with E-state index >= 15 is 0 Å². The van der Waals surface area contributed by atoms with Gasteiger partial charge < -0.3 is 8.92 Å². The van der Waals surface area contributed by atoms with Crippen LogP contribution in [0.1, 0.15) is 11.1 Å². The third-order valence-electron chi connectivity index (χ3n) is 5.46. The second-order valence-electron chi connectivity index (χ2n) is 7.99. The van der Waals surface area contributed by atoms with Gasteiger partial charge in [-0.1, -0.05) is 24.3 Å². The van der Waals surface area contributed by atoms with Crippen LogP contribution in [0.15, 0.2) is 89.9 Å². The van der Waals surface area contributed by atoms with Crippen LogP contribution in [0.2, 0.25) is 0 Å². The van der Waals surface area contributed by atoms with Gasteiger partial charge in [0, 0.05) is 5.56 Å². The fraction of sp³-hybridized carbons (Fsp3) is 0.0741. The van der Waals surface area contributed by atoms with Crippen molar-refractivity contribution in [3.8, 4) is 11.5 Å². The maximum Gasteiger partial charge on any atom is 0.339 e. The molecule has 0 aromatic heterocycles. The van der Waals surface area contributed by atoms with Crippen LogP contribution in [0.5, 0.6) is 11.5 Å². The average Bonchev–Trinajstić information content (AvgIpc) is 2.89. The van der Waals surface area contributed by atoms with Crippen LogP contribution < -0.4 is 19.1 Å². The van der Waals surface area contributed by atoms with Crippen molar-refractivity contribution in [2.24, 2.45) is 0 Å². The maximum atomic E-state index is 13.3. The molecule has 0 atom stereocenters. The highest BCUT2D eigenvalue weighted by Crippen LogP contribution is 2.36. The zero-order chi connectivity index (χ0) is 27.4. The smallest absolute Gasteiger partial charge is 0.339 e. The number of urea groups is 1. The molecule has 4 rings (SSSR count). The number of methoxy groups -OCH3 is 1. The predicted octanol–water partition coefficient (Wildman–Crippen LogP) is 4.00. The third kappa shape index (κ3) is 5.32. The second kappa shape index (κ2) is 10.7. The first kappa shape index (κ1) is 26.3. The number of imide groups is 2. The monoisotopic (exact) mass is 536 g/mol. The Labute approximate surface area is 217 Å². The van der Waals surface area contributed by atoms with E-state index in [0.29, 0.717) is 10.5 Å². The van der Waals surface area contributed by atoms with E-state index in [4.69, 9.17) is 8.92 Å². The summed E-state index contributed by atoms with van der Waals surface area (Å²) in [6, 6.07) is 14.1. The molecule has 1 saturated heterocycles. The van der Waals surface area contributed by atoms with Gasteiger partial charge in [0.15, 0.2) is 11.5 Å². The van der Waals surface area contributed by atoms with Crippen LogP contribution in [0.25, 0.3) is 6.08 Å². The zero-order valence-corrected chi connectivity index (χ0v) is 20.8. The molecule has 1 N–H and O–H groups in total. The number of hydrogen-bond donors (Lipinski definition) is 1. The molecule has 1 fully saturated rings. The van der Waals surface area contributed by atoms with Gasteiger partial charge in [-0.05, 0) is 66.6 Å². The van der Waals surface area contributed by atoms with Crippen LogP contribution in [0.4, 0.5) is 14.9 Å². The number of barbiturate groups is 1. The Hall–Kier alpha value is -4.77. The summed E-state index contributed by atoms with van der Waals surface area (Å²) in [5.74, 6) is -2.49. The summed E-state index contributed by atoms with van der Waals surface area (Å²) < 4.78 is 49.9. The van der Waals surface area contributed by atoms with Crippen LogP contribution in [-0.4, -0.2) is 33.4 Å². The Morgan fingerprint density at radius 2 is 1.71 bits per heavy atom. The van der Waals surface area contributed by atoms with E-state index < -0.39 is 33.8 Å². The van der Waals surface area contributed by atoms with E-state index in [0.717, 1.165) is 12.1 Å². The molecule has 1 heterocycles. The number of hydrogen-bond acceptors (Lipinski definition) is 7. The second-order valence-corrected chi connectivity index (χ2v) is 9.54. The van der Waals surface area contributed by atoms with Crippen molar-refractivity contribution in [3.63, 3.8) is 0 Å². The van der Waals surface area contributed by atoms with Gasteiger partial charge in [0.1, 0.15) is 16.3 Å². The Balaban J connectivity index is 1.76. The Kier molecular flexibility index (Phi) is 7.40. The summed E-state index contributed by atoms with van der Waals surface area (Å²) in [7, 11) is -2.91. The Morgan fingerprint density at radius 3 is 2.34 bits per heavy atom. The first-order valence-corrected chi connectivity index (χ1v) is 12.5. The minimum atomic E-state index is -4.21. The first-order chi connectivity index (χ1) is 18.1. The van der Waals surface area contributed by atoms with Crippen LogP contribution in [-0.2, 0) is 26.1 Å². The molecule has 3 aromatic carbocycles. The minimum absolute atomic E-state index is 0.0193. The number of benzene rings is 3. The number of halogens is 1. The average molecular weight is 537 g/mol. The lowest BCUT2D eigenvalue weighted by Crippen LogP contribution is -2.54. The summed E-state index contributed by atoms with van der Waals surface area (Å²) in [6.07, 6.45) is 2.90. The van der Waals surface area contributed by atoms with Gasteiger partial charge in [-0.2, -0.15) is 8.42 Å². The number of amides is 4. The molecule has 11 heteroatoms. The lowest BCUT2D eigenvalue weighted by Gasteiger charge is -2.26. The number of nitrogens with zero attached hydrogens (tertiary/aromatic N) is 1. The number of allylic oxidation sites excluding steroid dienone is 1. The van der Waals surface area contributed by atoms with Crippen molar-refractivity contribution in [1.29, 1.82) is 0 Å². The standard InChI is InChI=1S/C27H21FN2O7S/c1-3-7-18-14-17(16-23(36-2)24(18)37-38(34,35)21-8-5-4-6-9-21)15-22-25(31)29-27(33)30(26(22)32)20-12-10-19(28)11-13-20/h3-6,8-16H,1,7H2,2H3,(H,29,31,33)/b22-15+. The molecule has 1 aliphatic rings. The molecule has 0 bridgehead atoms. The number of carbonyl (C=O) groups is 3. The van der Waals surface area contributed by atoms with Crippen molar-refractivity contribution >= 4 is 39.7 Å². The van der Waals surface area contributed by atoms with E-state index in [1.54, 1.807) is 18.2 Å². The Bertz CT molecular complexity index is 1570. The number of anilines is 1. The number of rotatable bonds is 8. The molecule has 3 aromatic rings. The molecule has 0 saturated carbocycles. The van der Waals surface area contributed by atoms with E-state index in [1.807, 2.05) is 0 Å². The molecule has 0 spiro atoms. The number of nitrogens with one attached hydrogen (secondary N) is 1. The van der Waals surface area contributed by atoms with Gasteiger partial charge in [-0.25, -0.2) is 14.1 Å². The normalized spacial score (nSPS) is 14.8. The lowest BCUT2D eigenvalue weighted by molar-refractivity contribution is -0.122. The topological polar surface area (TPSA) is 119 Å². The quantitative estimate of drug-likeness (QED) is 0.200. The zero-order valence-electron chi connectivity index (χ0n) is 20.0. The van der Waals surface area contributed by atoms with Crippen molar-refractivity contribution in [1.82, 2.24) is 5.32 Å². The van der Waals surface area contributed by atoms with Crippen LogP contribution >= 0.6 is 0 Å². The van der Waals surface area contributed by atoms with Crippen molar-refractivity contribution in [2.45, 2.75) is 11.3 Å². The maximum absolute atomic E-state index is 13.3. The van der Waals surface area contributed by atoms with Crippen molar-refractivity contribution < 1.29 is 36.1 Å². The largest absolute Gasteiger partial charge is 0.493 e. The van der Waals surface area contributed by atoms with Gasteiger partial charge >= 0.3 is 16.1 Å². The summed E-state index contributed by atoms with van der Waals surface area (Å²) in [6.45, 7) is 3.68. The van der Waals surface area contributed by atoms with Gasteiger partial charge in [0.2, 0.25) is 0 Å². The molecule has 194 valence electrons. The minimum Gasteiger partial charge on any atom is -0.493 e. The lowest BCUT2D eigenvalue weighted by atomic mass is 10.0. The summed E-state index contributed by atoms with van der Waals surface area (Å²) >= 11 is 0. The van der Waals surface area contributed by atoms with Gasteiger partial charge in [0.25, 0.3) is 11.8 Å². The molecule has 9 nitrogen and oxygen atoms in total. The molecule has 0 unspecified atom stereocenters. The summed E-state index contributed by atoms with van der Waals surface area (Å²) in [5, 5.41) is 2.09. The highest BCUT2D eigenvalue weighted by Gasteiger charge is 2.37. The molecule has 0 radical (unpaired) electrons. The summed E-state index contributed by atoms with van der Waals surface area (Å²) in [4.78, 5) is 38.7. The summed E-state index contributed by atoms with van der Waals surface area (Å²) in [5.41, 5.74) is 0.314. The first-order valence-electron chi connectivity index (χ1n) is 11.1. The third-order valence-corrected chi connectivity index (χ3v) is 6.70.